The Bertz CT molecular complexity index is 1320. The summed E-state index contributed by atoms with van der Waals surface area (Å²) in [5, 5.41) is 6.28. The molecule has 0 aromatic heterocycles. The number of ketones is 1. The number of aryl methyl sites for hydroxylation is 1. The van der Waals surface area contributed by atoms with Crippen LogP contribution in [0, 0.1) is 18.8 Å². The second-order valence-corrected chi connectivity index (χ2v) is 8.77. The normalized spacial score (nSPS) is 25.1. The zero-order chi connectivity index (χ0) is 22.7. The van der Waals surface area contributed by atoms with E-state index in [1.807, 2.05) is 49.4 Å². The first-order chi connectivity index (χ1) is 16.1. The summed E-state index contributed by atoms with van der Waals surface area (Å²) in [6.45, 7) is 1.95. The Kier molecular flexibility index (Phi) is 4.30. The highest BCUT2D eigenvalue weighted by atomic mass is 16.2. The first kappa shape index (κ1) is 19.6. The second kappa shape index (κ2) is 7.24. The van der Waals surface area contributed by atoms with Crippen LogP contribution in [0.4, 0.5) is 5.69 Å². The van der Waals surface area contributed by atoms with Crippen LogP contribution in [-0.4, -0.2) is 34.9 Å². The third-order valence-corrected chi connectivity index (χ3v) is 6.91. The van der Waals surface area contributed by atoms with Gasteiger partial charge in [0, 0.05) is 5.56 Å². The zero-order valence-electron chi connectivity index (χ0n) is 18.0. The van der Waals surface area contributed by atoms with Gasteiger partial charge < -0.3 is 0 Å². The van der Waals surface area contributed by atoms with Crippen LogP contribution in [-0.2, 0) is 9.59 Å². The summed E-state index contributed by atoms with van der Waals surface area (Å²) in [4.78, 5) is 42.5. The number of amides is 2. The van der Waals surface area contributed by atoms with Crippen molar-refractivity contribution in [2.75, 3.05) is 4.90 Å². The van der Waals surface area contributed by atoms with E-state index in [1.54, 1.807) is 47.6 Å². The minimum absolute atomic E-state index is 0.198. The number of nitrogens with zero attached hydrogens (tertiary/aromatic N) is 3. The molecule has 2 amide bonds. The van der Waals surface area contributed by atoms with E-state index in [9.17, 15) is 14.4 Å². The van der Waals surface area contributed by atoms with Crippen molar-refractivity contribution in [3.05, 3.63) is 101 Å². The molecule has 3 heterocycles. The average molecular weight is 435 g/mol. The molecule has 0 unspecified atom stereocenters. The molecular formula is C27H21N3O3. The van der Waals surface area contributed by atoms with Crippen LogP contribution >= 0.6 is 0 Å². The van der Waals surface area contributed by atoms with Gasteiger partial charge in [-0.15, -0.1) is 0 Å². The minimum Gasteiger partial charge on any atom is -0.292 e. The minimum atomic E-state index is -0.848. The molecule has 6 rings (SSSR count). The maximum Gasteiger partial charge on any atom is 0.240 e. The Morgan fingerprint density at radius 1 is 0.818 bits per heavy atom. The van der Waals surface area contributed by atoms with Crippen LogP contribution in [0.1, 0.15) is 33.1 Å². The van der Waals surface area contributed by atoms with Crippen molar-refractivity contribution in [1.82, 2.24) is 5.01 Å². The number of hydrogen-bond acceptors (Lipinski definition) is 5. The van der Waals surface area contributed by atoms with Crippen molar-refractivity contribution < 1.29 is 14.4 Å². The Morgan fingerprint density at radius 2 is 1.48 bits per heavy atom. The molecule has 162 valence electrons. The Balaban J connectivity index is 1.50. The van der Waals surface area contributed by atoms with Gasteiger partial charge in [0.15, 0.2) is 5.78 Å². The lowest BCUT2D eigenvalue weighted by molar-refractivity contribution is -0.124. The summed E-state index contributed by atoms with van der Waals surface area (Å²) in [6, 6.07) is 22.6. The lowest BCUT2D eigenvalue weighted by atomic mass is 9.83. The molecular weight excluding hydrogens is 414 g/mol. The molecule has 3 aromatic carbocycles. The van der Waals surface area contributed by atoms with Crippen LogP contribution in [0.3, 0.4) is 0 Å². The topological polar surface area (TPSA) is 70.1 Å². The van der Waals surface area contributed by atoms with Crippen LogP contribution in [0.2, 0.25) is 0 Å². The molecule has 0 spiro atoms. The quantitative estimate of drug-likeness (QED) is 0.464. The molecule has 0 bridgehead atoms. The molecule has 3 aliphatic rings. The molecule has 0 radical (unpaired) electrons. The van der Waals surface area contributed by atoms with Crippen LogP contribution < -0.4 is 4.90 Å². The lowest BCUT2D eigenvalue weighted by Crippen LogP contribution is -2.44. The number of fused-ring (bicyclic) bond motifs is 5. The van der Waals surface area contributed by atoms with E-state index in [0.29, 0.717) is 11.3 Å². The largest absolute Gasteiger partial charge is 0.292 e. The summed E-state index contributed by atoms with van der Waals surface area (Å²) in [5.74, 6) is -2.31. The molecule has 2 fully saturated rings. The van der Waals surface area contributed by atoms with E-state index in [1.165, 1.54) is 4.90 Å². The van der Waals surface area contributed by atoms with Crippen LogP contribution in [0.5, 0.6) is 0 Å². The smallest absolute Gasteiger partial charge is 0.240 e. The number of benzene rings is 3. The van der Waals surface area contributed by atoms with Crippen molar-refractivity contribution in [1.29, 1.82) is 0 Å². The van der Waals surface area contributed by atoms with E-state index in [2.05, 4.69) is 5.10 Å². The fourth-order valence-corrected chi connectivity index (χ4v) is 5.39. The lowest BCUT2D eigenvalue weighted by Gasteiger charge is -2.33. The Labute approximate surface area is 191 Å². The van der Waals surface area contributed by atoms with Gasteiger partial charge >= 0.3 is 0 Å². The number of hydrazone groups is 1. The van der Waals surface area contributed by atoms with Gasteiger partial charge in [0.2, 0.25) is 11.8 Å². The fraction of sp³-hybridized carbons (Fsp3) is 0.185. The number of anilines is 1. The third-order valence-electron chi connectivity index (χ3n) is 6.91. The van der Waals surface area contributed by atoms with Crippen LogP contribution in [0.15, 0.2) is 84.0 Å². The Hall–Kier alpha value is -4.06. The summed E-state index contributed by atoms with van der Waals surface area (Å²) >= 11 is 0. The predicted octanol–water partition coefficient (Wildman–Crippen LogP) is 3.76. The standard InChI is InChI=1S/C27H21N3O3/c1-16-11-13-19(14-12-16)29-26(32)21-22(27(29)33)24(25(31)17-7-3-2-4-8-17)30-23(21)20-10-6-5-9-18(20)15-28-30/h2-15,21-24H,1H3/t21-,22+,23-,24-/m0/s1. The monoisotopic (exact) mass is 435 g/mol. The molecule has 3 aromatic rings. The third kappa shape index (κ3) is 2.80. The average Bonchev–Trinajstić information content (AvgIpc) is 3.32. The Morgan fingerprint density at radius 3 is 2.24 bits per heavy atom. The molecule has 0 saturated carbocycles. The van der Waals surface area contributed by atoms with Crippen LogP contribution in [0.25, 0.3) is 0 Å². The molecule has 3 aliphatic heterocycles. The molecule has 0 N–H and O–H groups in total. The molecule has 4 atom stereocenters. The van der Waals surface area contributed by atoms with Gasteiger partial charge in [-0.3, -0.25) is 19.4 Å². The first-order valence-corrected chi connectivity index (χ1v) is 11.0. The number of hydrogen-bond donors (Lipinski definition) is 0. The van der Waals surface area contributed by atoms with Gasteiger partial charge in [-0.2, -0.15) is 5.10 Å². The van der Waals surface area contributed by atoms with Gasteiger partial charge in [-0.25, -0.2) is 4.90 Å². The predicted molar refractivity (Wildman–Crippen MR) is 124 cm³/mol. The molecule has 33 heavy (non-hydrogen) atoms. The van der Waals surface area contributed by atoms with E-state index in [-0.39, 0.29) is 17.6 Å². The van der Waals surface area contributed by atoms with Gasteiger partial charge in [0.25, 0.3) is 0 Å². The van der Waals surface area contributed by atoms with E-state index < -0.39 is 23.9 Å². The van der Waals surface area contributed by atoms with Crippen molar-refractivity contribution in [2.45, 2.75) is 19.0 Å². The molecule has 6 heteroatoms. The molecule has 2 saturated heterocycles. The SMILES string of the molecule is Cc1ccc(N2C(=O)[C@@H]3[C@H](C2=O)[C@@H]2c4ccccc4C=NN2[C@@H]3C(=O)c2ccccc2)cc1. The summed E-state index contributed by atoms with van der Waals surface area (Å²) in [7, 11) is 0. The van der Waals surface area contributed by atoms with E-state index in [4.69, 9.17) is 0 Å². The number of imide groups is 1. The van der Waals surface area contributed by atoms with Crippen molar-refractivity contribution in [3.8, 4) is 0 Å². The maximum absolute atomic E-state index is 13.8. The number of rotatable bonds is 3. The highest BCUT2D eigenvalue weighted by Crippen LogP contribution is 2.53. The van der Waals surface area contributed by atoms with Crippen molar-refractivity contribution in [3.63, 3.8) is 0 Å². The second-order valence-electron chi connectivity index (χ2n) is 8.77. The summed E-state index contributed by atoms with van der Waals surface area (Å²) in [5.41, 5.74) is 3.90. The van der Waals surface area contributed by atoms with E-state index in [0.717, 1.165) is 16.7 Å². The number of carbonyl (C=O) groups is 3. The number of Topliss-reactive ketones (excluding diaryl/α,β-unsaturated/α-hetero) is 1. The highest BCUT2D eigenvalue weighted by Gasteiger charge is 2.65. The van der Waals surface area contributed by atoms with E-state index >= 15 is 0 Å². The first-order valence-electron chi connectivity index (χ1n) is 11.0. The highest BCUT2D eigenvalue weighted by molar-refractivity contribution is 6.24. The van der Waals surface area contributed by atoms with Gasteiger partial charge in [-0.05, 0) is 30.2 Å². The maximum atomic E-state index is 13.8. The zero-order valence-corrected chi connectivity index (χ0v) is 18.0. The fourth-order valence-electron chi connectivity index (χ4n) is 5.39. The van der Waals surface area contributed by atoms with Gasteiger partial charge in [-0.1, -0.05) is 72.3 Å². The van der Waals surface area contributed by atoms with Crippen molar-refractivity contribution in [2.24, 2.45) is 16.9 Å². The van der Waals surface area contributed by atoms with Gasteiger partial charge in [0.1, 0.15) is 6.04 Å². The van der Waals surface area contributed by atoms with Crippen molar-refractivity contribution >= 4 is 29.5 Å². The molecule has 0 aliphatic carbocycles. The van der Waals surface area contributed by atoms with Gasteiger partial charge in [0.05, 0.1) is 29.8 Å². The number of carbonyl (C=O) groups excluding carboxylic acids is 3. The molecule has 6 nitrogen and oxygen atoms in total. The summed E-state index contributed by atoms with van der Waals surface area (Å²) < 4.78 is 0. The summed E-state index contributed by atoms with van der Waals surface area (Å²) in [6.07, 6.45) is 1.71.